The predicted octanol–water partition coefficient (Wildman–Crippen LogP) is 3.32. The Morgan fingerprint density at radius 2 is 1.79 bits per heavy atom. The first-order valence-corrected chi connectivity index (χ1v) is 11.1. The van der Waals surface area contributed by atoms with Gasteiger partial charge in [-0.2, -0.15) is 4.31 Å². The van der Waals surface area contributed by atoms with Gasteiger partial charge in [-0.1, -0.05) is 24.1 Å². The van der Waals surface area contributed by atoms with E-state index in [2.05, 4.69) is 5.32 Å². The van der Waals surface area contributed by atoms with E-state index in [4.69, 9.17) is 16.3 Å². The molecule has 1 amide bonds. The summed E-state index contributed by atoms with van der Waals surface area (Å²) < 4.78 is 32.4. The van der Waals surface area contributed by atoms with Crippen molar-refractivity contribution in [3.8, 4) is 5.75 Å². The molecule has 0 aromatic heterocycles. The first-order valence-electron chi connectivity index (χ1n) is 9.23. The van der Waals surface area contributed by atoms with Crippen LogP contribution in [0.4, 0.5) is 0 Å². The third-order valence-electron chi connectivity index (χ3n) is 4.52. The van der Waals surface area contributed by atoms with Crippen molar-refractivity contribution in [2.45, 2.75) is 24.2 Å². The quantitative estimate of drug-likeness (QED) is 0.694. The smallest absolute Gasteiger partial charge is 0.251 e. The molecular formula is C20H23ClN2O4S. The van der Waals surface area contributed by atoms with E-state index in [1.165, 1.54) is 4.31 Å². The molecule has 1 fully saturated rings. The molecular weight excluding hydrogens is 400 g/mol. The van der Waals surface area contributed by atoms with E-state index < -0.39 is 10.0 Å². The van der Waals surface area contributed by atoms with Gasteiger partial charge in [-0.15, -0.1) is 0 Å². The summed E-state index contributed by atoms with van der Waals surface area (Å²) in [5, 5.41) is 3.25. The van der Waals surface area contributed by atoms with Crippen LogP contribution in [-0.4, -0.2) is 44.9 Å². The number of ether oxygens (including phenoxy) is 1. The summed E-state index contributed by atoms with van der Waals surface area (Å²) in [6, 6.07) is 13.1. The largest absolute Gasteiger partial charge is 0.492 e. The maximum Gasteiger partial charge on any atom is 0.251 e. The third kappa shape index (κ3) is 5.25. The van der Waals surface area contributed by atoms with Gasteiger partial charge in [0.15, 0.2) is 0 Å². The van der Waals surface area contributed by atoms with Crippen LogP contribution >= 0.6 is 11.6 Å². The highest BCUT2D eigenvalue weighted by Gasteiger charge is 2.25. The first kappa shape index (κ1) is 20.6. The zero-order valence-electron chi connectivity index (χ0n) is 15.4. The monoisotopic (exact) mass is 422 g/mol. The number of carbonyl (C=O) groups excluding carboxylic acids is 1. The molecule has 0 spiro atoms. The number of carbonyl (C=O) groups is 1. The van der Waals surface area contributed by atoms with Gasteiger partial charge in [-0.25, -0.2) is 8.42 Å². The number of piperidine rings is 1. The molecule has 0 atom stereocenters. The van der Waals surface area contributed by atoms with Gasteiger partial charge in [0.05, 0.1) is 11.4 Å². The average molecular weight is 423 g/mol. The van der Waals surface area contributed by atoms with Crippen LogP contribution in [0, 0.1) is 0 Å². The second-order valence-electron chi connectivity index (χ2n) is 6.55. The zero-order chi connectivity index (χ0) is 20.0. The van der Waals surface area contributed by atoms with Gasteiger partial charge in [0.2, 0.25) is 10.0 Å². The van der Waals surface area contributed by atoms with Gasteiger partial charge >= 0.3 is 0 Å². The molecule has 0 unspecified atom stereocenters. The normalized spacial score (nSPS) is 15.2. The number of hydrogen-bond donors (Lipinski definition) is 1. The second kappa shape index (κ2) is 9.41. The summed E-state index contributed by atoms with van der Waals surface area (Å²) in [6.07, 6.45) is 2.88. The molecule has 0 aliphatic carbocycles. The molecule has 8 heteroatoms. The summed E-state index contributed by atoms with van der Waals surface area (Å²) in [6.45, 7) is 1.74. The van der Waals surface area contributed by atoms with E-state index in [1.807, 2.05) is 0 Å². The van der Waals surface area contributed by atoms with Crippen LogP contribution in [0.2, 0.25) is 5.02 Å². The van der Waals surface area contributed by atoms with Crippen molar-refractivity contribution < 1.29 is 17.9 Å². The molecule has 6 nitrogen and oxygen atoms in total. The highest BCUT2D eigenvalue weighted by Crippen LogP contribution is 2.22. The van der Waals surface area contributed by atoms with Gasteiger partial charge < -0.3 is 10.1 Å². The van der Waals surface area contributed by atoms with Crippen LogP contribution in [0.25, 0.3) is 0 Å². The van der Waals surface area contributed by atoms with Crippen LogP contribution in [0.1, 0.15) is 29.6 Å². The summed E-state index contributed by atoms with van der Waals surface area (Å²) in [5.74, 6) is 0.323. The lowest BCUT2D eigenvalue weighted by atomic mass is 10.2. The SMILES string of the molecule is O=C(NCCOc1ccc(S(=O)(=O)N2CCCCC2)cc1)c1cccc(Cl)c1. The number of nitrogens with one attached hydrogen (secondary N) is 1. The Labute approximate surface area is 170 Å². The van der Waals surface area contributed by atoms with E-state index in [0.29, 0.717) is 36.0 Å². The number of nitrogens with zero attached hydrogens (tertiary/aromatic N) is 1. The molecule has 0 saturated carbocycles. The summed E-state index contributed by atoms with van der Waals surface area (Å²) in [4.78, 5) is 12.3. The van der Waals surface area contributed by atoms with Crippen molar-refractivity contribution in [1.29, 1.82) is 0 Å². The topological polar surface area (TPSA) is 75.7 Å². The minimum absolute atomic E-state index is 0.228. The van der Waals surface area contributed by atoms with E-state index in [1.54, 1.807) is 48.5 Å². The fourth-order valence-corrected chi connectivity index (χ4v) is 4.73. The Hall–Kier alpha value is -2.09. The van der Waals surface area contributed by atoms with Gasteiger partial charge in [0.25, 0.3) is 5.91 Å². The van der Waals surface area contributed by atoms with E-state index >= 15 is 0 Å². The van der Waals surface area contributed by atoms with Crippen molar-refractivity contribution in [2.24, 2.45) is 0 Å². The van der Waals surface area contributed by atoms with Crippen LogP contribution in [0.5, 0.6) is 5.75 Å². The third-order valence-corrected chi connectivity index (χ3v) is 6.67. The number of halogens is 1. The van der Waals surface area contributed by atoms with E-state index in [0.717, 1.165) is 19.3 Å². The van der Waals surface area contributed by atoms with Crippen LogP contribution in [0.15, 0.2) is 53.4 Å². The van der Waals surface area contributed by atoms with E-state index in [9.17, 15) is 13.2 Å². The molecule has 1 saturated heterocycles. The summed E-state index contributed by atoms with van der Waals surface area (Å²) >= 11 is 5.87. The fraction of sp³-hybridized carbons (Fsp3) is 0.350. The minimum Gasteiger partial charge on any atom is -0.492 e. The second-order valence-corrected chi connectivity index (χ2v) is 8.93. The lowest BCUT2D eigenvalue weighted by Gasteiger charge is -2.25. The highest BCUT2D eigenvalue weighted by molar-refractivity contribution is 7.89. The number of rotatable bonds is 7. The molecule has 3 rings (SSSR count). The Morgan fingerprint density at radius 1 is 1.07 bits per heavy atom. The molecule has 0 bridgehead atoms. The summed E-state index contributed by atoms with van der Waals surface area (Å²) in [7, 11) is -3.44. The van der Waals surface area contributed by atoms with Crippen molar-refractivity contribution in [2.75, 3.05) is 26.2 Å². The minimum atomic E-state index is -3.44. The Kier molecular flexibility index (Phi) is 6.93. The fourth-order valence-electron chi connectivity index (χ4n) is 3.03. The van der Waals surface area contributed by atoms with Crippen molar-refractivity contribution in [3.05, 3.63) is 59.1 Å². The summed E-state index contributed by atoms with van der Waals surface area (Å²) in [5.41, 5.74) is 0.486. The zero-order valence-corrected chi connectivity index (χ0v) is 17.0. The first-order chi connectivity index (χ1) is 13.5. The lowest BCUT2D eigenvalue weighted by molar-refractivity contribution is 0.0947. The average Bonchev–Trinajstić information content (AvgIpc) is 2.72. The van der Waals surface area contributed by atoms with Gasteiger partial charge in [0.1, 0.15) is 12.4 Å². The molecule has 1 aliphatic rings. The molecule has 1 N–H and O–H groups in total. The van der Waals surface area contributed by atoms with Crippen LogP contribution < -0.4 is 10.1 Å². The van der Waals surface area contributed by atoms with E-state index in [-0.39, 0.29) is 17.4 Å². The molecule has 1 aliphatic heterocycles. The van der Waals surface area contributed by atoms with Crippen LogP contribution in [0.3, 0.4) is 0 Å². The van der Waals surface area contributed by atoms with Gasteiger partial charge in [0, 0.05) is 23.7 Å². The Balaban J connectivity index is 1.48. The maximum atomic E-state index is 12.6. The molecule has 2 aromatic carbocycles. The van der Waals surface area contributed by atoms with Crippen molar-refractivity contribution in [1.82, 2.24) is 9.62 Å². The lowest BCUT2D eigenvalue weighted by Crippen LogP contribution is -2.35. The number of hydrogen-bond acceptors (Lipinski definition) is 4. The highest BCUT2D eigenvalue weighted by atomic mass is 35.5. The standard InChI is InChI=1S/C20H23ClN2O4S/c21-17-6-4-5-16(15-17)20(24)22-11-14-27-18-7-9-19(10-8-18)28(25,26)23-12-2-1-3-13-23/h4-10,15H,1-3,11-14H2,(H,22,24). The van der Waals surface area contributed by atoms with Crippen molar-refractivity contribution in [3.63, 3.8) is 0 Å². The Morgan fingerprint density at radius 3 is 2.46 bits per heavy atom. The van der Waals surface area contributed by atoms with Gasteiger partial charge in [-0.3, -0.25) is 4.79 Å². The number of benzene rings is 2. The molecule has 1 heterocycles. The number of sulfonamides is 1. The predicted molar refractivity (Wildman–Crippen MR) is 108 cm³/mol. The molecule has 2 aromatic rings. The molecule has 150 valence electrons. The molecule has 0 radical (unpaired) electrons. The number of amides is 1. The maximum absolute atomic E-state index is 12.6. The van der Waals surface area contributed by atoms with Crippen molar-refractivity contribution >= 4 is 27.5 Å². The van der Waals surface area contributed by atoms with Crippen LogP contribution in [-0.2, 0) is 10.0 Å². The Bertz CT molecular complexity index is 910. The molecule has 28 heavy (non-hydrogen) atoms. The van der Waals surface area contributed by atoms with Gasteiger partial charge in [-0.05, 0) is 55.3 Å².